The van der Waals surface area contributed by atoms with Crippen LogP contribution in [0.15, 0.2) is 24.3 Å². The average molecular weight is 246 g/mol. The Hall–Kier alpha value is -0.860. The van der Waals surface area contributed by atoms with Crippen molar-refractivity contribution in [2.45, 2.75) is 40.3 Å². The highest BCUT2D eigenvalue weighted by atomic mass is 15.1. The first-order chi connectivity index (χ1) is 8.50. The molecule has 1 aromatic carbocycles. The van der Waals surface area contributed by atoms with Gasteiger partial charge in [-0.3, -0.25) is 4.90 Å². The first-order valence-electron chi connectivity index (χ1n) is 7.00. The molecule has 0 spiro atoms. The van der Waals surface area contributed by atoms with Crippen LogP contribution in [-0.2, 0) is 13.1 Å². The first-order valence-corrected chi connectivity index (χ1v) is 7.00. The van der Waals surface area contributed by atoms with Crippen molar-refractivity contribution in [3.05, 3.63) is 35.4 Å². The molecule has 2 N–H and O–H groups in total. The summed E-state index contributed by atoms with van der Waals surface area (Å²) in [6, 6.07) is 8.55. The molecule has 2 heteroatoms. The van der Waals surface area contributed by atoms with Crippen LogP contribution < -0.4 is 5.73 Å². The van der Waals surface area contributed by atoms with Gasteiger partial charge in [0.15, 0.2) is 0 Å². The van der Waals surface area contributed by atoms with Crippen molar-refractivity contribution in [1.82, 2.24) is 4.90 Å². The molecule has 0 aliphatic carbocycles. The molecule has 0 amide bonds. The van der Waals surface area contributed by atoms with Gasteiger partial charge in [-0.25, -0.2) is 0 Å². The number of likely N-dealkylation sites (tertiary alicyclic amines) is 1. The van der Waals surface area contributed by atoms with E-state index in [-0.39, 0.29) is 0 Å². The Labute approximate surface area is 111 Å². The van der Waals surface area contributed by atoms with E-state index in [0.717, 1.165) is 12.5 Å². The Kier molecular flexibility index (Phi) is 4.08. The summed E-state index contributed by atoms with van der Waals surface area (Å²) in [5.41, 5.74) is 8.92. The summed E-state index contributed by atoms with van der Waals surface area (Å²) in [5, 5.41) is 0. The van der Waals surface area contributed by atoms with Gasteiger partial charge in [-0.2, -0.15) is 0 Å². The van der Waals surface area contributed by atoms with Gasteiger partial charge >= 0.3 is 0 Å². The number of nitrogens with zero attached hydrogens (tertiary/aromatic N) is 1. The van der Waals surface area contributed by atoms with Crippen LogP contribution in [0.5, 0.6) is 0 Å². The maximum atomic E-state index is 5.80. The second-order valence-corrected chi connectivity index (χ2v) is 6.56. The van der Waals surface area contributed by atoms with Gasteiger partial charge in [0, 0.05) is 19.6 Å². The van der Waals surface area contributed by atoms with E-state index in [1.165, 1.54) is 30.6 Å². The third-order valence-electron chi connectivity index (χ3n) is 4.23. The normalized spacial score (nSPS) is 21.4. The molecule has 0 saturated carbocycles. The lowest BCUT2D eigenvalue weighted by Gasteiger charge is -2.27. The van der Waals surface area contributed by atoms with Crippen molar-refractivity contribution >= 4 is 0 Å². The monoisotopic (exact) mass is 246 g/mol. The molecule has 1 unspecified atom stereocenters. The summed E-state index contributed by atoms with van der Waals surface area (Å²) in [6.07, 6.45) is 1.33. The maximum absolute atomic E-state index is 5.80. The molecule has 0 radical (unpaired) electrons. The fourth-order valence-corrected chi connectivity index (χ4v) is 2.83. The lowest BCUT2D eigenvalue weighted by molar-refractivity contribution is 0.226. The average Bonchev–Trinajstić information content (AvgIpc) is 2.78. The third kappa shape index (κ3) is 3.12. The molecular weight excluding hydrogens is 220 g/mol. The van der Waals surface area contributed by atoms with Gasteiger partial charge in [-0.1, -0.05) is 45.0 Å². The highest BCUT2D eigenvalue weighted by Gasteiger charge is 2.31. The fourth-order valence-electron chi connectivity index (χ4n) is 2.83. The molecule has 100 valence electrons. The first kappa shape index (κ1) is 13.6. The van der Waals surface area contributed by atoms with Crippen molar-refractivity contribution in [1.29, 1.82) is 0 Å². The van der Waals surface area contributed by atoms with Crippen LogP contribution in [0.1, 0.15) is 38.3 Å². The van der Waals surface area contributed by atoms with E-state index in [0.29, 0.717) is 12.0 Å². The molecule has 1 aliphatic rings. The van der Waals surface area contributed by atoms with Crippen LogP contribution in [0.25, 0.3) is 0 Å². The molecule has 0 bridgehead atoms. The lowest BCUT2D eigenvalue weighted by Crippen LogP contribution is -2.26. The molecule has 18 heavy (non-hydrogen) atoms. The van der Waals surface area contributed by atoms with Gasteiger partial charge < -0.3 is 5.73 Å². The van der Waals surface area contributed by atoms with Crippen LogP contribution in [0.4, 0.5) is 0 Å². The van der Waals surface area contributed by atoms with Crippen LogP contribution in [0, 0.1) is 11.3 Å². The summed E-state index contributed by atoms with van der Waals surface area (Å²) in [7, 11) is 0. The van der Waals surface area contributed by atoms with Crippen LogP contribution >= 0.6 is 0 Å². The summed E-state index contributed by atoms with van der Waals surface area (Å²) < 4.78 is 0. The zero-order chi connectivity index (χ0) is 13.2. The molecule has 1 aliphatic heterocycles. The molecule has 2 nitrogen and oxygen atoms in total. The topological polar surface area (TPSA) is 29.3 Å². The molecular formula is C16H26N2. The fraction of sp³-hybridized carbons (Fsp3) is 0.625. The second kappa shape index (κ2) is 5.41. The standard InChI is InChI=1S/C16H26N2/c1-16(2,3)15-8-9-18(12-15)11-14-7-5-4-6-13(14)10-17/h4-7,15H,8-12,17H2,1-3H3. The van der Waals surface area contributed by atoms with E-state index < -0.39 is 0 Å². The van der Waals surface area contributed by atoms with Crippen molar-refractivity contribution in [2.75, 3.05) is 13.1 Å². The van der Waals surface area contributed by atoms with E-state index in [9.17, 15) is 0 Å². The van der Waals surface area contributed by atoms with Crippen molar-refractivity contribution in [2.24, 2.45) is 17.1 Å². The molecule has 1 saturated heterocycles. The van der Waals surface area contributed by atoms with E-state index in [1.807, 2.05) is 0 Å². The number of hydrogen-bond acceptors (Lipinski definition) is 2. The highest BCUT2D eigenvalue weighted by molar-refractivity contribution is 5.26. The second-order valence-electron chi connectivity index (χ2n) is 6.56. The SMILES string of the molecule is CC(C)(C)C1CCN(Cc2ccccc2CN)C1. The Morgan fingerprint density at radius 2 is 1.89 bits per heavy atom. The molecule has 1 heterocycles. The zero-order valence-corrected chi connectivity index (χ0v) is 11.9. The third-order valence-corrected chi connectivity index (χ3v) is 4.23. The van der Waals surface area contributed by atoms with Gasteiger partial charge in [0.1, 0.15) is 0 Å². The van der Waals surface area contributed by atoms with Gasteiger partial charge in [0.25, 0.3) is 0 Å². The maximum Gasteiger partial charge on any atom is 0.0237 e. The molecule has 1 fully saturated rings. The summed E-state index contributed by atoms with van der Waals surface area (Å²) in [5.74, 6) is 0.822. The predicted octanol–water partition coefficient (Wildman–Crippen LogP) is 3.01. The van der Waals surface area contributed by atoms with Crippen LogP contribution in [0.2, 0.25) is 0 Å². The lowest BCUT2D eigenvalue weighted by atomic mass is 9.80. The predicted molar refractivity (Wildman–Crippen MR) is 77.2 cm³/mol. The number of hydrogen-bond donors (Lipinski definition) is 1. The Balaban J connectivity index is 1.99. The minimum Gasteiger partial charge on any atom is -0.326 e. The van der Waals surface area contributed by atoms with E-state index in [2.05, 4.69) is 49.9 Å². The number of nitrogens with two attached hydrogens (primary N) is 1. The van der Waals surface area contributed by atoms with Crippen LogP contribution in [0.3, 0.4) is 0 Å². The Morgan fingerprint density at radius 3 is 2.44 bits per heavy atom. The smallest absolute Gasteiger partial charge is 0.0237 e. The van der Waals surface area contributed by atoms with Gasteiger partial charge in [-0.05, 0) is 35.4 Å². The minimum absolute atomic E-state index is 0.433. The molecule has 2 rings (SSSR count). The Morgan fingerprint density at radius 1 is 1.22 bits per heavy atom. The molecule has 1 aromatic rings. The van der Waals surface area contributed by atoms with Crippen molar-refractivity contribution in [3.63, 3.8) is 0 Å². The minimum atomic E-state index is 0.433. The van der Waals surface area contributed by atoms with E-state index in [4.69, 9.17) is 5.73 Å². The van der Waals surface area contributed by atoms with Gasteiger partial charge in [0.2, 0.25) is 0 Å². The number of benzene rings is 1. The zero-order valence-electron chi connectivity index (χ0n) is 11.9. The van der Waals surface area contributed by atoms with E-state index in [1.54, 1.807) is 0 Å². The van der Waals surface area contributed by atoms with E-state index >= 15 is 0 Å². The Bertz CT molecular complexity index is 392. The number of rotatable bonds is 3. The highest BCUT2D eigenvalue weighted by Crippen LogP contribution is 2.34. The van der Waals surface area contributed by atoms with Gasteiger partial charge in [-0.15, -0.1) is 0 Å². The summed E-state index contributed by atoms with van der Waals surface area (Å²) in [4.78, 5) is 2.57. The summed E-state index contributed by atoms with van der Waals surface area (Å²) >= 11 is 0. The van der Waals surface area contributed by atoms with Crippen LogP contribution in [-0.4, -0.2) is 18.0 Å². The van der Waals surface area contributed by atoms with Crippen molar-refractivity contribution < 1.29 is 0 Å². The molecule has 0 aromatic heterocycles. The quantitative estimate of drug-likeness (QED) is 0.888. The van der Waals surface area contributed by atoms with Gasteiger partial charge in [0.05, 0.1) is 0 Å². The summed E-state index contributed by atoms with van der Waals surface area (Å²) in [6.45, 7) is 11.2. The largest absolute Gasteiger partial charge is 0.326 e. The van der Waals surface area contributed by atoms with Crippen molar-refractivity contribution in [3.8, 4) is 0 Å². The molecule has 1 atom stereocenters.